The highest BCUT2D eigenvalue weighted by Crippen LogP contribution is 2.30. The first-order valence-corrected chi connectivity index (χ1v) is 5.69. The first-order chi connectivity index (χ1) is 9.12. The first kappa shape index (κ1) is 12.9. The fourth-order valence-corrected chi connectivity index (χ4v) is 1.68. The molecule has 0 spiro atoms. The van der Waals surface area contributed by atoms with Crippen LogP contribution in [0, 0.1) is 6.92 Å². The van der Waals surface area contributed by atoms with E-state index in [0.717, 1.165) is 0 Å². The predicted molar refractivity (Wildman–Crippen MR) is 72.4 cm³/mol. The summed E-state index contributed by atoms with van der Waals surface area (Å²) in [5, 5.41) is 3.01. The molecular weight excluding hydrogens is 246 g/mol. The minimum absolute atomic E-state index is 0.211. The number of nitrogens with one attached hydrogen (secondary N) is 2. The van der Waals surface area contributed by atoms with Crippen LogP contribution < -0.4 is 20.3 Å². The van der Waals surface area contributed by atoms with Gasteiger partial charge in [0.05, 0.1) is 19.9 Å². The van der Waals surface area contributed by atoms with E-state index in [2.05, 4.69) is 15.3 Å². The van der Waals surface area contributed by atoms with Crippen LogP contribution in [0.2, 0.25) is 0 Å². The highest BCUT2D eigenvalue weighted by Gasteiger charge is 2.07. The Kier molecular flexibility index (Phi) is 3.70. The molecular formula is C13H15N3O3. The zero-order valence-electron chi connectivity index (χ0n) is 11.0. The molecule has 0 unspecified atom stereocenters. The zero-order chi connectivity index (χ0) is 13.8. The van der Waals surface area contributed by atoms with Gasteiger partial charge in [0.25, 0.3) is 5.56 Å². The van der Waals surface area contributed by atoms with Gasteiger partial charge in [-0.25, -0.2) is 4.98 Å². The number of methoxy groups -OCH3 is 2. The lowest BCUT2D eigenvalue weighted by Gasteiger charge is -2.12. The summed E-state index contributed by atoms with van der Waals surface area (Å²) in [6.45, 7) is 1.75. The van der Waals surface area contributed by atoms with Crippen molar-refractivity contribution in [2.45, 2.75) is 6.92 Å². The lowest BCUT2D eigenvalue weighted by atomic mass is 10.2. The number of H-pyrrole nitrogens is 1. The van der Waals surface area contributed by atoms with Gasteiger partial charge in [-0.1, -0.05) is 0 Å². The van der Waals surface area contributed by atoms with Crippen molar-refractivity contribution in [1.82, 2.24) is 9.97 Å². The third-order valence-electron chi connectivity index (χ3n) is 2.53. The Morgan fingerprint density at radius 3 is 2.63 bits per heavy atom. The predicted octanol–water partition coefficient (Wildman–Crippen LogP) is 1.84. The van der Waals surface area contributed by atoms with E-state index in [0.29, 0.717) is 28.8 Å². The minimum Gasteiger partial charge on any atom is -0.497 e. The van der Waals surface area contributed by atoms with Crippen molar-refractivity contribution >= 4 is 11.6 Å². The van der Waals surface area contributed by atoms with Gasteiger partial charge in [0.1, 0.15) is 11.5 Å². The molecule has 1 heterocycles. The number of benzene rings is 1. The quantitative estimate of drug-likeness (QED) is 0.878. The van der Waals surface area contributed by atoms with E-state index in [9.17, 15) is 4.79 Å². The van der Waals surface area contributed by atoms with Crippen LogP contribution in [0.4, 0.5) is 11.6 Å². The van der Waals surface area contributed by atoms with Gasteiger partial charge in [0.15, 0.2) is 0 Å². The molecule has 1 aromatic heterocycles. The second-order valence-electron chi connectivity index (χ2n) is 3.93. The lowest BCUT2D eigenvalue weighted by Crippen LogP contribution is -2.10. The molecule has 0 bridgehead atoms. The molecule has 0 saturated carbocycles. The van der Waals surface area contributed by atoms with Crippen LogP contribution in [0.1, 0.15) is 5.69 Å². The Hall–Kier alpha value is -2.50. The molecule has 0 amide bonds. The van der Waals surface area contributed by atoms with Crippen molar-refractivity contribution in [2.75, 3.05) is 19.5 Å². The number of aromatic nitrogens is 2. The molecule has 0 aliphatic rings. The Morgan fingerprint density at radius 1 is 1.21 bits per heavy atom. The largest absolute Gasteiger partial charge is 0.497 e. The van der Waals surface area contributed by atoms with Crippen molar-refractivity contribution < 1.29 is 9.47 Å². The third kappa shape index (κ3) is 3.04. The molecule has 2 rings (SSSR count). The van der Waals surface area contributed by atoms with E-state index >= 15 is 0 Å². The van der Waals surface area contributed by atoms with Crippen LogP contribution >= 0.6 is 0 Å². The van der Waals surface area contributed by atoms with Crippen LogP contribution in [0.3, 0.4) is 0 Å². The number of aryl methyl sites for hydroxylation is 1. The topological polar surface area (TPSA) is 76.2 Å². The standard InChI is InChI=1S/C13H15N3O3/c1-8-6-12(17)16-13(14-8)15-10-7-9(18-2)4-5-11(10)19-3/h4-7H,1-3H3,(H2,14,15,16,17). The summed E-state index contributed by atoms with van der Waals surface area (Å²) in [5.74, 6) is 1.67. The van der Waals surface area contributed by atoms with E-state index in [1.807, 2.05) is 0 Å². The molecule has 100 valence electrons. The Balaban J connectivity index is 2.38. The normalized spacial score (nSPS) is 10.1. The maximum absolute atomic E-state index is 11.4. The lowest BCUT2D eigenvalue weighted by molar-refractivity contribution is 0.405. The fourth-order valence-electron chi connectivity index (χ4n) is 1.68. The number of anilines is 2. The molecule has 0 fully saturated rings. The van der Waals surface area contributed by atoms with Gasteiger partial charge < -0.3 is 14.8 Å². The monoisotopic (exact) mass is 261 g/mol. The Labute approximate surface area is 110 Å². The van der Waals surface area contributed by atoms with Crippen LogP contribution in [0.25, 0.3) is 0 Å². The average Bonchev–Trinajstić information content (AvgIpc) is 2.37. The SMILES string of the molecule is COc1ccc(OC)c(Nc2nc(C)cc(=O)[nH]2)c1. The summed E-state index contributed by atoms with van der Waals surface area (Å²) in [6.07, 6.45) is 0. The van der Waals surface area contributed by atoms with Crippen molar-refractivity contribution in [1.29, 1.82) is 0 Å². The highest BCUT2D eigenvalue weighted by molar-refractivity contribution is 5.64. The van der Waals surface area contributed by atoms with Crippen molar-refractivity contribution in [3.05, 3.63) is 40.3 Å². The van der Waals surface area contributed by atoms with Gasteiger partial charge in [-0.3, -0.25) is 9.78 Å². The van der Waals surface area contributed by atoms with E-state index in [1.54, 1.807) is 39.3 Å². The number of rotatable bonds is 4. The van der Waals surface area contributed by atoms with Gasteiger partial charge in [0.2, 0.25) is 5.95 Å². The number of aromatic amines is 1. The van der Waals surface area contributed by atoms with Crippen LogP contribution in [-0.2, 0) is 0 Å². The highest BCUT2D eigenvalue weighted by atomic mass is 16.5. The first-order valence-electron chi connectivity index (χ1n) is 5.69. The molecule has 1 aromatic carbocycles. The number of hydrogen-bond acceptors (Lipinski definition) is 5. The molecule has 6 heteroatoms. The Bertz CT molecular complexity index is 637. The number of hydrogen-bond donors (Lipinski definition) is 2. The van der Waals surface area contributed by atoms with Crippen LogP contribution in [0.5, 0.6) is 11.5 Å². The molecule has 0 aliphatic heterocycles. The van der Waals surface area contributed by atoms with E-state index in [-0.39, 0.29) is 5.56 Å². The van der Waals surface area contributed by atoms with Gasteiger partial charge in [-0.05, 0) is 19.1 Å². The molecule has 19 heavy (non-hydrogen) atoms. The smallest absolute Gasteiger partial charge is 0.252 e. The van der Waals surface area contributed by atoms with Crippen molar-refractivity contribution in [2.24, 2.45) is 0 Å². The summed E-state index contributed by atoms with van der Waals surface area (Å²) >= 11 is 0. The second kappa shape index (κ2) is 5.43. The van der Waals surface area contributed by atoms with Crippen LogP contribution in [0.15, 0.2) is 29.1 Å². The fraction of sp³-hybridized carbons (Fsp3) is 0.231. The van der Waals surface area contributed by atoms with Gasteiger partial charge in [-0.15, -0.1) is 0 Å². The van der Waals surface area contributed by atoms with Crippen molar-refractivity contribution in [3.63, 3.8) is 0 Å². The third-order valence-corrected chi connectivity index (χ3v) is 2.53. The molecule has 2 aromatic rings. The second-order valence-corrected chi connectivity index (χ2v) is 3.93. The van der Waals surface area contributed by atoms with E-state index in [1.165, 1.54) is 6.07 Å². The molecule has 0 radical (unpaired) electrons. The van der Waals surface area contributed by atoms with E-state index < -0.39 is 0 Å². The summed E-state index contributed by atoms with van der Waals surface area (Å²) in [7, 11) is 3.15. The Morgan fingerprint density at radius 2 is 2.00 bits per heavy atom. The van der Waals surface area contributed by atoms with Gasteiger partial charge >= 0.3 is 0 Å². The average molecular weight is 261 g/mol. The van der Waals surface area contributed by atoms with E-state index in [4.69, 9.17) is 9.47 Å². The summed E-state index contributed by atoms with van der Waals surface area (Å²) < 4.78 is 10.4. The molecule has 0 saturated heterocycles. The molecule has 0 atom stereocenters. The minimum atomic E-state index is -0.211. The summed E-state index contributed by atoms with van der Waals surface area (Å²) in [4.78, 5) is 18.2. The maximum Gasteiger partial charge on any atom is 0.252 e. The summed E-state index contributed by atoms with van der Waals surface area (Å²) in [5.41, 5.74) is 1.08. The zero-order valence-corrected chi connectivity index (χ0v) is 11.0. The number of nitrogens with zero attached hydrogens (tertiary/aromatic N) is 1. The van der Waals surface area contributed by atoms with Gasteiger partial charge in [0, 0.05) is 17.8 Å². The molecule has 2 N–H and O–H groups in total. The molecule has 6 nitrogen and oxygen atoms in total. The number of ether oxygens (including phenoxy) is 2. The summed E-state index contributed by atoms with van der Waals surface area (Å²) in [6, 6.07) is 6.75. The maximum atomic E-state index is 11.4. The molecule has 0 aliphatic carbocycles. The van der Waals surface area contributed by atoms with Gasteiger partial charge in [-0.2, -0.15) is 0 Å². The van der Waals surface area contributed by atoms with Crippen LogP contribution in [-0.4, -0.2) is 24.2 Å². The van der Waals surface area contributed by atoms with Crippen molar-refractivity contribution in [3.8, 4) is 11.5 Å².